The summed E-state index contributed by atoms with van der Waals surface area (Å²) in [5.74, 6) is 4.45. The van der Waals surface area contributed by atoms with E-state index in [0.29, 0.717) is 0 Å². The summed E-state index contributed by atoms with van der Waals surface area (Å²) in [6.45, 7) is 0. The average Bonchev–Trinajstić information content (AvgIpc) is 1.38. The second-order valence-electron chi connectivity index (χ2n) is 0.509. The van der Waals surface area contributed by atoms with Crippen molar-refractivity contribution >= 4 is 43.8 Å². The molecular weight excluding hydrogens is 110 g/mol. The van der Waals surface area contributed by atoms with Crippen LogP contribution < -0.4 is 17.0 Å². The van der Waals surface area contributed by atoms with Gasteiger partial charge in [-0.25, -0.2) is 10.6 Å². The molecule has 0 saturated carbocycles. The van der Waals surface area contributed by atoms with Crippen molar-refractivity contribution in [3.05, 3.63) is 0 Å². The Labute approximate surface area is 68.2 Å². The summed E-state index contributed by atoms with van der Waals surface area (Å²) in [5.41, 5.74) is 6.08. The van der Waals surface area contributed by atoms with Gasteiger partial charge in [0.05, 0.1) is 0 Å². The van der Waals surface area contributed by atoms with Gasteiger partial charge < -0.3 is 8.59 Å². The number of hydrogen-bond acceptors (Lipinski definition) is 2. The standard InChI is InChI=1S/CH5N3O.Ca.2H/c2-1(5)4-3;;;/h3H2,(H3,2,4,5);;;/q;+2;2*-1. The van der Waals surface area contributed by atoms with Crippen molar-refractivity contribution in [3.8, 4) is 0 Å². The van der Waals surface area contributed by atoms with Gasteiger partial charge in [-0.1, -0.05) is 0 Å². The van der Waals surface area contributed by atoms with Crippen LogP contribution in [0.2, 0.25) is 0 Å². The maximum Gasteiger partial charge on any atom is 2.00 e. The van der Waals surface area contributed by atoms with Gasteiger partial charge in [0.1, 0.15) is 0 Å². The largest absolute Gasteiger partial charge is 2.00 e. The van der Waals surface area contributed by atoms with Crippen LogP contribution in [0.1, 0.15) is 2.85 Å². The van der Waals surface area contributed by atoms with Crippen molar-refractivity contribution < 1.29 is 7.65 Å². The molecular formula is CH7CaN3O. The fourth-order valence-corrected chi connectivity index (χ4v) is 0. The molecule has 0 aliphatic carbocycles. The zero-order chi connectivity index (χ0) is 4.28. The van der Waals surface area contributed by atoms with Crippen LogP contribution in [0, 0.1) is 0 Å². The Balaban J connectivity index is -0.0000000267. The van der Waals surface area contributed by atoms with E-state index < -0.39 is 6.03 Å². The maximum atomic E-state index is 9.35. The van der Waals surface area contributed by atoms with Crippen molar-refractivity contribution in [3.63, 3.8) is 0 Å². The van der Waals surface area contributed by atoms with Crippen LogP contribution in [0.15, 0.2) is 0 Å². The number of primary amides is 1. The van der Waals surface area contributed by atoms with Gasteiger partial charge in [0.15, 0.2) is 0 Å². The van der Waals surface area contributed by atoms with Gasteiger partial charge in [-0.2, -0.15) is 0 Å². The molecule has 0 fully saturated rings. The van der Waals surface area contributed by atoms with E-state index in [1.54, 1.807) is 5.43 Å². The number of amides is 2. The Bertz CT molecular complexity index is 52.5. The molecule has 0 aromatic carbocycles. The first-order chi connectivity index (χ1) is 2.27. The van der Waals surface area contributed by atoms with Gasteiger partial charge in [-0.05, 0) is 0 Å². The molecule has 0 aliphatic rings. The van der Waals surface area contributed by atoms with Crippen molar-refractivity contribution in [1.29, 1.82) is 0 Å². The monoisotopic (exact) mass is 117 g/mol. The van der Waals surface area contributed by atoms with E-state index >= 15 is 0 Å². The number of nitrogens with two attached hydrogens (primary N) is 2. The molecule has 0 bridgehead atoms. The molecule has 34 valence electrons. The van der Waals surface area contributed by atoms with E-state index in [2.05, 4.69) is 11.6 Å². The third-order valence-electron chi connectivity index (χ3n) is 0.142. The topological polar surface area (TPSA) is 81.1 Å². The Morgan fingerprint density at radius 1 is 1.83 bits per heavy atom. The van der Waals surface area contributed by atoms with E-state index in [0.717, 1.165) is 0 Å². The Morgan fingerprint density at radius 2 is 2.00 bits per heavy atom. The van der Waals surface area contributed by atoms with E-state index in [1.165, 1.54) is 0 Å². The zero-order valence-electron chi connectivity index (χ0n) is 5.27. The van der Waals surface area contributed by atoms with Crippen molar-refractivity contribution in [2.24, 2.45) is 11.6 Å². The molecule has 0 rings (SSSR count). The third kappa shape index (κ3) is 8.82. The molecule has 2 amide bonds. The molecule has 0 unspecified atom stereocenters. The normalized spacial score (nSPS) is 5.50. The maximum absolute atomic E-state index is 9.35. The molecule has 0 atom stereocenters. The van der Waals surface area contributed by atoms with Crippen LogP contribution in [-0.4, -0.2) is 43.8 Å². The first-order valence-electron chi connectivity index (χ1n) is 1.03. The number of nitrogens with one attached hydrogen (secondary N) is 1. The van der Waals surface area contributed by atoms with Crippen LogP contribution >= 0.6 is 0 Å². The summed E-state index contributed by atoms with van der Waals surface area (Å²) in [6, 6.07) is -0.718. The molecule has 0 radical (unpaired) electrons. The molecule has 4 nitrogen and oxygen atoms in total. The molecule has 0 saturated heterocycles. The molecule has 6 heavy (non-hydrogen) atoms. The van der Waals surface area contributed by atoms with Gasteiger partial charge >= 0.3 is 43.8 Å². The van der Waals surface area contributed by atoms with Crippen LogP contribution in [0.4, 0.5) is 4.79 Å². The average molecular weight is 117 g/mol. The Morgan fingerprint density at radius 3 is 2.00 bits per heavy atom. The quantitative estimate of drug-likeness (QED) is 0.154. The summed E-state index contributed by atoms with van der Waals surface area (Å²) in [7, 11) is 0. The molecule has 5 heteroatoms. The molecule has 5 N–H and O–H groups in total. The fourth-order valence-electron chi connectivity index (χ4n) is 0. The number of hydrogen-bond donors (Lipinski definition) is 3. The smallest absolute Gasteiger partial charge is 1.00 e. The number of urea groups is 1. The number of carbonyl (C=O) groups excluding carboxylic acids is 1. The molecule has 0 heterocycles. The van der Waals surface area contributed by atoms with Gasteiger partial charge in [0.2, 0.25) is 0 Å². The second kappa shape index (κ2) is 5.49. The first-order valence-corrected chi connectivity index (χ1v) is 1.03. The van der Waals surface area contributed by atoms with Crippen LogP contribution in [0.25, 0.3) is 0 Å². The number of hydrazine groups is 1. The van der Waals surface area contributed by atoms with E-state index in [4.69, 9.17) is 0 Å². The summed E-state index contributed by atoms with van der Waals surface area (Å²) in [5, 5.41) is 0. The van der Waals surface area contributed by atoms with Gasteiger partial charge in [-0.3, -0.25) is 5.43 Å². The summed E-state index contributed by atoms with van der Waals surface area (Å²) in [6.07, 6.45) is 0. The Kier molecular flexibility index (Phi) is 8.88. The molecule has 0 aliphatic heterocycles. The summed E-state index contributed by atoms with van der Waals surface area (Å²) in [4.78, 5) is 9.35. The van der Waals surface area contributed by atoms with E-state index in [1.807, 2.05) is 0 Å². The van der Waals surface area contributed by atoms with E-state index in [-0.39, 0.29) is 40.6 Å². The van der Waals surface area contributed by atoms with E-state index in [9.17, 15) is 4.79 Å². The summed E-state index contributed by atoms with van der Waals surface area (Å²) < 4.78 is 0. The minimum atomic E-state index is -0.718. The van der Waals surface area contributed by atoms with Gasteiger partial charge in [-0.15, -0.1) is 0 Å². The van der Waals surface area contributed by atoms with Crippen LogP contribution in [0.5, 0.6) is 0 Å². The number of rotatable bonds is 0. The van der Waals surface area contributed by atoms with Crippen LogP contribution in [-0.2, 0) is 0 Å². The second-order valence-corrected chi connectivity index (χ2v) is 0.509. The number of carbonyl (C=O) groups is 1. The van der Waals surface area contributed by atoms with Crippen molar-refractivity contribution in [1.82, 2.24) is 5.43 Å². The van der Waals surface area contributed by atoms with Crippen molar-refractivity contribution in [2.75, 3.05) is 0 Å². The van der Waals surface area contributed by atoms with Gasteiger partial charge in [0.25, 0.3) is 0 Å². The first kappa shape index (κ1) is 9.70. The minimum absolute atomic E-state index is 0. The van der Waals surface area contributed by atoms with Gasteiger partial charge in [0, 0.05) is 0 Å². The predicted octanol–water partition coefficient (Wildman–Crippen LogP) is -1.63. The molecule has 0 aromatic rings. The molecule has 0 spiro atoms. The SMILES string of the molecule is NNC(N)=O.[Ca+2].[H-].[H-]. The fraction of sp³-hybridized carbons (Fsp3) is 0. The molecule has 0 aromatic heterocycles. The minimum Gasteiger partial charge on any atom is -1.00 e. The summed E-state index contributed by atoms with van der Waals surface area (Å²) >= 11 is 0. The zero-order valence-corrected chi connectivity index (χ0v) is 5.48. The van der Waals surface area contributed by atoms with Crippen molar-refractivity contribution in [2.45, 2.75) is 0 Å². The third-order valence-corrected chi connectivity index (χ3v) is 0.142. The Hall–Kier alpha value is 0.490. The predicted molar refractivity (Wildman–Crippen MR) is 24.9 cm³/mol. The van der Waals surface area contributed by atoms with Crippen LogP contribution in [0.3, 0.4) is 0 Å².